The van der Waals surface area contributed by atoms with Crippen LogP contribution in [0.2, 0.25) is 0 Å². The van der Waals surface area contributed by atoms with Crippen LogP contribution in [0.15, 0.2) is 41.3 Å². The predicted molar refractivity (Wildman–Crippen MR) is 126 cm³/mol. The van der Waals surface area contributed by atoms with E-state index in [1.54, 1.807) is 36.5 Å². The van der Waals surface area contributed by atoms with Crippen molar-refractivity contribution in [1.29, 1.82) is 0 Å². The third-order valence-electron chi connectivity index (χ3n) is 6.69. The van der Waals surface area contributed by atoms with Crippen molar-refractivity contribution in [3.63, 3.8) is 0 Å². The number of amides is 2. The Labute approximate surface area is 198 Å². The van der Waals surface area contributed by atoms with E-state index in [-0.39, 0.29) is 35.8 Å². The Morgan fingerprint density at radius 2 is 1.71 bits per heavy atom. The van der Waals surface area contributed by atoms with Crippen LogP contribution < -0.4 is 11.4 Å². The van der Waals surface area contributed by atoms with Crippen molar-refractivity contribution in [2.45, 2.75) is 64.4 Å². The second-order valence-corrected chi connectivity index (χ2v) is 8.93. The van der Waals surface area contributed by atoms with Crippen LogP contribution in [0.5, 0.6) is 0 Å². The Kier molecular flexibility index (Phi) is 7.43. The molecule has 0 bridgehead atoms. The first kappa shape index (κ1) is 24.1. The van der Waals surface area contributed by atoms with Gasteiger partial charge < -0.3 is 15.2 Å². The van der Waals surface area contributed by atoms with E-state index in [2.05, 4.69) is 18.8 Å². The number of nitrogens with zero attached hydrogens (tertiary/aromatic N) is 3. The van der Waals surface area contributed by atoms with Crippen LogP contribution in [0.3, 0.4) is 0 Å². The van der Waals surface area contributed by atoms with Gasteiger partial charge in [0, 0.05) is 25.3 Å². The number of imide groups is 1. The van der Waals surface area contributed by atoms with E-state index < -0.39 is 11.9 Å². The molecule has 0 aliphatic carbocycles. The number of unbranched alkanes of at least 4 members (excludes halogenated alkanes) is 3. The minimum atomic E-state index is -0.533. The van der Waals surface area contributed by atoms with Gasteiger partial charge in [0.25, 0.3) is 11.8 Å². The lowest BCUT2D eigenvalue weighted by atomic mass is 9.98. The number of nitrogens with two attached hydrogens (primary N) is 1. The Morgan fingerprint density at radius 3 is 2.35 bits per heavy atom. The van der Waals surface area contributed by atoms with Crippen molar-refractivity contribution in [3.8, 4) is 0 Å². The summed E-state index contributed by atoms with van der Waals surface area (Å²) < 4.78 is 13.8. The molecule has 2 aliphatic rings. The Morgan fingerprint density at radius 1 is 1.03 bits per heavy atom. The number of carbonyl (C=O) groups is 2. The fourth-order valence-corrected chi connectivity index (χ4v) is 4.78. The maximum atomic E-state index is 12.4. The molecule has 1 unspecified atom stereocenters. The maximum Gasteiger partial charge on any atom is 0.351 e. The number of rotatable bonds is 10. The number of hydrogen-bond donors (Lipinski definition) is 1. The van der Waals surface area contributed by atoms with Crippen molar-refractivity contribution in [3.05, 3.63) is 58.1 Å². The van der Waals surface area contributed by atoms with Gasteiger partial charge in [-0.05, 0) is 37.5 Å². The van der Waals surface area contributed by atoms with Gasteiger partial charge in [-0.1, -0.05) is 38.8 Å². The fourth-order valence-electron chi connectivity index (χ4n) is 4.78. The van der Waals surface area contributed by atoms with Crippen LogP contribution in [0, 0.1) is 5.92 Å². The van der Waals surface area contributed by atoms with Gasteiger partial charge in [-0.25, -0.2) is 4.79 Å². The van der Waals surface area contributed by atoms with Crippen LogP contribution in [0.1, 0.15) is 72.9 Å². The van der Waals surface area contributed by atoms with Gasteiger partial charge in [0.05, 0.1) is 17.2 Å². The largest absolute Gasteiger partial charge is 0.383 e. The molecule has 4 atom stereocenters. The molecule has 0 radical (unpaired) electrons. The van der Waals surface area contributed by atoms with Crippen molar-refractivity contribution in [2.75, 3.05) is 18.9 Å². The summed E-state index contributed by atoms with van der Waals surface area (Å²) in [5.41, 5.74) is 6.15. The summed E-state index contributed by atoms with van der Waals surface area (Å²) in [6.07, 6.45) is 5.03. The highest BCUT2D eigenvalue weighted by Crippen LogP contribution is 2.36. The second kappa shape index (κ2) is 10.5. The monoisotopic (exact) mass is 468 g/mol. The van der Waals surface area contributed by atoms with E-state index >= 15 is 0 Å². The molecule has 1 aromatic carbocycles. The number of carbonyl (C=O) groups excluding carboxylic acids is 2. The number of nitrogen functional groups attached to an aromatic ring is 1. The zero-order chi connectivity index (χ0) is 24.2. The lowest BCUT2D eigenvalue weighted by molar-refractivity contribution is -0.0671. The summed E-state index contributed by atoms with van der Waals surface area (Å²) in [5, 5.41) is 0. The molecule has 9 nitrogen and oxygen atoms in total. The van der Waals surface area contributed by atoms with Gasteiger partial charge in [-0.15, -0.1) is 0 Å². The molecule has 1 aromatic heterocycles. The molecule has 1 fully saturated rings. The highest BCUT2D eigenvalue weighted by atomic mass is 16.6. The van der Waals surface area contributed by atoms with Crippen molar-refractivity contribution >= 4 is 17.6 Å². The summed E-state index contributed by atoms with van der Waals surface area (Å²) in [4.78, 5) is 42.3. The van der Waals surface area contributed by atoms with Crippen LogP contribution in [0.4, 0.5) is 5.82 Å². The topological polar surface area (TPSA) is 117 Å². The first-order valence-electron chi connectivity index (χ1n) is 12.0. The third kappa shape index (κ3) is 4.76. The zero-order valence-corrected chi connectivity index (χ0v) is 19.7. The number of hydrogen-bond acceptors (Lipinski definition) is 7. The van der Waals surface area contributed by atoms with Gasteiger partial charge in [-0.2, -0.15) is 4.98 Å². The van der Waals surface area contributed by atoms with Gasteiger partial charge in [0.1, 0.15) is 11.9 Å². The number of aromatic nitrogens is 2. The van der Waals surface area contributed by atoms with Crippen molar-refractivity contribution < 1.29 is 19.1 Å². The van der Waals surface area contributed by atoms with Crippen LogP contribution in [-0.4, -0.2) is 51.6 Å². The summed E-state index contributed by atoms with van der Waals surface area (Å²) in [7, 11) is 0. The Hall–Kier alpha value is -3.04. The molecule has 4 rings (SSSR count). The average molecular weight is 469 g/mol. The standard InChI is InChI=1S/C25H32N4O5/c1-3-19-16(2)21(24(34-19)29-14-12-20(26)27-25(29)32)33-15-9-5-4-8-13-28-22(30)17-10-6-7-11-18(17)23(28)31/h6-7,10-12,14,16,19,21,24H,3-5,8-9,13,15H2,1-2H3,(H2,26,27,32)/t16?,19-,21+,24-/m1/s1. The summed E-state index contributed by atoms with van der Waals surface area (Å²) >= 11 is 0. The molecule has 2 aliphatic heterocycles. The fraction of sp³-hybridized carbons (Fsp3) is 0.520. The predicted octanol–water partition coefficient (Wildman–Crippen LogP) is 3.01. The summed E-state index contributed by atoms with van der Waals surface area (Å²) in [6, 6.07) is 8.53. The lowest BCUT2D eigenvalue weighted by Crippen LogP contribution is -2.35. The molecule has 0 saturated carbocycles. The van der Waals surface area contributed by atoms with E-state index in [0.29, 0.717) is 24.3 Å². The van der Waals surface area contributed by atoms with E-state index in [4.69, 9.17) is 15.2 Å². The first-order chi connectivity index (χ1) is 16.4. The van der Waals surface area contributed by atoms with E-state index in [9.17, 15) is 14.4 Å². The summed E-state index contributed by atoms with van der Waals surface area (Å²) in [5.74, 6) is -0.0996. The molecule has 2 N–H and O–H groups in total. The quantitative estimate of drug-likeness (QED) is 0.421. The normalized spacial score (nSPS) is 24.1. The van der Waals surface area contributed by atoms with Crippen molar-refractivity contribution in [2.24, 2.45) is 5.92 Å². The van der Waals surface area contributed by atoms with Crippen LogP contribution in [0.25, 0.3) is 0 Å². The smallest absolute Gasteiger partial charge is 0.351 e. The van der Waals surface area contributed by atoms with E-state index in [1.165, 1.54) is 9.47 Å². The molecule has 182 valence electrons. The van der Waals surface area contributed by atoms with Gasteiger partial charge in [-0.3, -0.25) is 19.1 Å². The molecule has 9 heteroatoms. The van der Waals surface area contributed by atoms with Crippen molar-refractivity contribution in [1.82, 2.24) is 14.5 Å². The number of ether oxygens (including phenoxy) is 2. The van der Waals surface area contributed by atoms with Gasteiger partial charge >= 0.3 is 5.69 Å². The molecule has 3 heterocycles. The minimum Gasteiger partial charge on any atom is -0.383 e. The highest BCUT2D eigenvalue weighted by Gasteiger charge is 2.43. The maximum absolute atomic E-state index is 12.4. The third-order valence-corrected chi connectivity index (χ3v) is 6.69. The molecule has 1 saturated heterocycles. The molecular weight excluding hydrogens is 436 g/mol. The molecule has 2 amide bonds. The Bertz CT molecular complexity index is 1070. The SMILES string of the molecule is CC[C@H]1O[C@@H](n2ccc(N)nc2=O)[C@@H](OCCCCCCN2C(=O)c3ccccc3C2=O)C1C. The highest BCUT2D eigenvalue weighted by molar-refractivity contribution is 6.21. The molecule has 34 heavy (non-hydrogen) atoms. The van der Waals surface area contributed by atoms with Gasteiger partial charge in [0.2, 0.25) is 0 Å². The molecule has 0 spiro atoms. The van der Waals surface area contributed by atoms with Gasteiger partial charge in [0.15, 0.2) is 6.23 Å². The minimum absolute atomic E-state index is 0.000823. The second-order valence-electron chi connectivity index (χ2n) is 8.93. The summed E-state index contributed by atoms with van der Waals surface area (Å²) in [6.45, 7) is 5.10. The number of fused-ring (bicyclic) bond motifs is 1. The van der Waals surface area contributed by atoms with E-state index in [1.807, 2.05) is 0 Å². The zero-order valence-electron chi connectivity index (χ0n) is 19.7. The number of benzene rings is 1. The average Bonchev–Trinajstić information content (AvgIpc) is 3.27. The van der Waals surface area contributed by atoms with Crippen LogP contribution in [-0.2, 0) is 9.47 Å². The van der Waals surface area contributed by atoms with Crippen LogP contribution >= 0.6 is 0 Å². The Balaban J connectivity index is 1.23. The first-order valence-corrected chi connectivity index (χ1v) is 12.0. The van der Waals surface area contributed by atoms with E-state index in [0.717, 1.165) is 32.1 Å². The molecular formula is C25H32N4O5. The number of anilines is 1. The molecule has 2 aromatic rings. The lowest BCUT2D eigenvalue weighted by Gasteiger charge is -2.23.